The first-order valence-corrected chi connectivity index (χ1v) is 7.39. The maximum Gasteiger partial charge on any atom is 0.223 e. The van der Waals surface area contributed by atoms with Crippen LogP contribution in [0.15, 0.2) is 48.7 Å². The Bertz CT molecular complexity index is 822. The molecule has 23 heavy (non-hydrogen) atoms. The Hall–Kier alpha value is -2.82. The molecule has 1 aromatic carbocycles. The molecule has 0 atom stereocenters. The third-order valence-corrected chi connectivity index (χ3v) is 3.36. The minimum Gasteiger partial charge on any atom is -0.439 e. The highest BCUT2D eigenvalue weighted by molar-refractivity contribution is 5.50. The lowest BCUT2D eigenvalue weighted by molar-refractivity contribution is 0.458. The molecule has 0 aliphatic heterocycles. The van der Waals surface area contributed by atoms with Crippen molar-refractivity contribution in [1.82, 2.24) is 15.0 Å². The van der Waals surface area contributed by atoms with Crippen molar-refractivity contribution >= 4 is 0 Å². The van der Waals surface area contributed by atoms with E-state index in [1.807, 2.05) is 25.1 Å². The predicted octanol–water partition coefficient (Wildman–Crippen LogP) is 4.34. The van der Waals surface area contributed by atoms with Crippen molar-refractivity contribution in [2.75, 3.05) is 0 Å². The Morgan fingerprint density at radius 3 is 2.65 bits per heavy atom. The van der Waals surface area contributed by atoms with Crippen LogP contribution in [0, 0.1) is 12.7 Å². The van der Waals surface area contributed by atoms with Crippen LogP contribution < -0.4 is 4.74 Å². The second-order valence-electron chi connectivity index (χ2n) is 5.10. The number of benzene rings is 1. The van der Waals surface area contributed by atoms with Crippen LogP contribution in [-0.2, 0) is 6.42 Å². The molecule has 0 aliphatic rings. The van der Waals surface area contributed by atoms with Crippen LogP contribution in [0.2, 0.25) is 0 Å². The third-order valence-electron chi connectivity index (χ3n) is 3.36. The van der Waals surface area contributed by atoms with Crippen molar-refractivity contribution in [2.24, 2.45) is 0 Å². The average molecular weight is 309 g/mol. The highest BCUT2D eigenvalue weighted by atomic mass is 19.1. The van der Waals surface area contributed by atoms with Gasteiger partial charge < -0.3 is 4.74 Å². The Kier molecular flexibility index (Phi) is 4.28. The van der Waals surface area contributed by atoms with Gasteiger partial charge in [-0.3, -0.25) is 4.98 Å². The van der Waals surface area contributed by atoms with Crippen molar-refractivity contribution in [2.45, 2.75) is 20.3 Å². The second-order valence-corrected chi connectivity index (χ2v) is 5.10. The van der Waals surface area contributed by atoms with E-state index in [0.29, 0.717) is 28.7 Å². The predicted molar refractivity (Wildman–Crippen MR) is 85.9 cm³/mol. The zero-order valence-corrected chi connectivity index (χ0v) is 13.0. The summed E-state index contributed by atoms with van der Waals surface area (Å²) in [5, 5.41) is 0. The van der Waals surface area contributed by atoms with Crippen molar-refractivity contribution in [3.05, 3.63) is 65.7 Å². The molecule has 5 heteroatoms. The van der Waals surface area contributed by atoms with E-state index >= 15 is 0 Å². The molecule has 0 bridgehead atoms. The molecule has 2 aromatic heterocycles. The van der Waals surface area contributed by atoms with E-state index in [1.54, 1.807) is 31.3 Å². The van der Waals surface area contributed by atoms with Crippen LogP contribution in [0.4, 0.5) is 4.39 Å². The van der Waals surface area contributed by atoms with Gasteiger partial charge in [-0.1, -0.05) is 13.0 Å². The van der Waals surface area contributed by atoms with Gasteiger partial charge in [0.1, 0.15) is 17.3 Å². The normalized spacial score (nSPS) is 10.6. The number of aryl methyl sites for hydroxylation is 2. The Labute approximate surface area is 134 Å². The molecule has 0 aliphatic carbocycles. The minimum absolute atomic E-state index is 0.261. The first-order chi connectivity index (χ1) is 11.2. The van der Waals surface area contributed by atoms with Gasteiger partial charge in [-0.2, -0.15) is 4.98 Å². The van der Waals surface area contributed by atoms with E-state index < -0.39 is 0 Å². The van der Waals surface area contributed by atoms with Gasteiger partial charge in [-0.15, -0.1) is 0 Å². The standard InChI is InChI=1S/C18H16FN3O/c1-3-13-11-17(23-14-7-8-15(19)12(2)10-14)22-18(21-13)16-6-4-5-9-20-16/h4-11H,3H2,1-2H3. The minimum atomic E-state index is -0.261. The first-order valence-electron chi connectivity index (χ1n) is 7.39. The first kappa shape index (κ1) is 15.1. The zero-order chi connectivity index (χ0) is 16.2. The van der Waals surface area contributed by atoms with Crippen molar-refractivity contribution in [3.63, 3.8) is 0 Å². The highest BCUT2D eigenvalue weighted by Crippen LogP contribution is 2.24. The molecule has 3 rings (SSSR count). The number of aromatic nitrogens is 3. The van der Waals surface area contributed by atoms with Crippen LogP contribution in [0.1, 0.15) is 18.2 Å². The van der Waals surface area contributed by atoms with Crippen LogP contribution >= 0.6 is 0 Å². The van der Waals surface area contributed by atoms with Gasteiger partial charge in [0.05, 0.1) is 0 Å². The van der Waals surface area contributed by atoms with E-state index in [0.717, 1.165) is 12.1 Å². The SMILES string of the molecule is CCc1cc(Oc2ccc(F)c(C)c2)nc(-c2ccccn2)n1. The van der Waals surface area contributed by atoms with E-state index in [-0.39, 0.29) is 5.82 Å². The summed E-state index contributed by atoms with van der Waals surface area (Å²) in [6.45, 7) is 3.70. The molecule has 0 radical (unpaired) electrons. The van der Waals surface area contributed by atoms with E-state index in [2.05, 4.69) is 15.0 Å². The largest absolute Gasteiger partial charge is 0.439 e. The van der Waals surface area contributed by atoms with Crippen molar-refractivity contribution in [3.8, 4) is 23.1 Å². The maximum absolute atomic E-state index is 13.4. The number of ether oxygens (including phenoxy) is 1. The van der Waals surface area contributed by atoms with Crippen LogP contribution in [0.5, 0.6) is 11.6 Å². The monoisotopic (exact) mass is 309 g/mol. The number of nitrogens with zero attached hydrogens (tertiary/aromatic N) is 3. The van der Waals surface area contributed by atoms with Gasteiger partial charge in [0.15, 0.2) is 5.82 Å². The van der Waals surface area contributed by atoms with Crippen LogP contribution in [0.3, 0.4) is 0 Å². The van der Waals surface area contributed by atoms with E-state index in [9.17, 15) is 4.39 Å². The molecule has 116 valence electrons. The fourth-order valence-corrected chi connectivity index (χ4v) is 2.12. The summed E-state index contributed by atoms with van der Waals surface area (Å²) in [4.78, 5) is 13.2. The Morgan fingerprint density at radius 1 is 1.09 bits per heavy atom. The van der Waals surface area contributed by atoms with Gasteiger partial charge in [-0.05, 0) is 49.2 Å². The summed E-state index contributed by atoms with van der Waals surface area (Å²) in [6, 6.07) is 12.0. The molecule has 0 amide bonds. The zero-order valence-electron chi connectivity index (χ0n) is 13.0. The second kappa shape index (κ2) is 6.52. The molecular weight excluding hydrogens is 293 g/mol. The lowest BCUT2D eigenvalue weighted by Crippen LogP contribution is -1.99. The molecule has 0 N–H and O–H groups in total. The number of rotatable bonds is 4. The maximum atomic E-state index is 13.4. The Morgan fingerprint density at radius 2 is 1.96 bits per heavy atom. The fourth-order valence-electron chi connectivity index (χ4n) is 2.12. The number of hydrogen-bond acceptors (Lipinski definition) is 4. The summed E-state index contributed by atoms with van der Waals surface area (Å²) >= 11 is 0. The molecule has 0 saturated heterocycles. The topological polar surface area (TPSA) is 47.9 Å². The third kappa shape index (κ3) is 3.51. The molecule has 0 spiro atoms. The summed E-state index contributed by atoms with van der Waals surface area (Å²) < 4.78 is 19.1. The number of hydrogen-bond donors (Lipinski definition) is 0. The fraction of sp³-hybridized carbons (Fsp3) is 0.167. The summed E-state index contributed by atoms with van der Waals surface area (Å²) in [6.07, 6.45) is 2.45. The van der Waals surface area contributed by atoms with Gasteiger partial charge in [0.25, 0.3) is 0 Å². The van der Waals surface area contributed by atoms with Crippen molar-refractivity contribution in [1.29, 1.82) is 0 Å². The average Bonchev–Trinajstić information content (AvgIpc) is 2.58. The van der Waals surface area contributed by atoms with Gasteiger partial charge in [0, 0.05) is 18.0 Å². The molecule has 3 aromatic rings. The molecule has 2 heterocycles. The van der Waals surface area contributed by atoms with Crippen LogP contribution in [0.25, 0.3) is 11.5 Å². The van der Waals surface area contributed by atoms with E-state index in [1.165, 1.54) is 6.07 Å². The lowest BCUT2D eigenvalue weighted by Gasteiger charge is -2.09. The summed E-state index contributed by atoms with van der Waals surface area (Å²) in [7, 11) is 0. The highest BCUT2D eigenvalue weighted by Gasteiger charge is 2.09. The molecule has 0 saturated carbocycles. The molecule has 4 nitrogen and oxygen atoms in total. The quantitative estimate of drug-likeness (QED) is 0.719. The molecule has 0 fully saturated rings. The molecular formula is C18H16FN3O. The number of halogens is 1. The lowest BCUT2D eigenvalue weighted by atomic mass is 10.2. The van der Waals surface area contributed by atoms with Crippen molar-refractivity contribution < 1.29 is 9.13 Å². The summed E-state index contributed by atoms with van der Waals surface area (Å²) in [5.41, 5.74) is 2.06. The summed E-state index contributed by atoms with van der Waals surface area (Å²) in [5.74, 6) is 1.21. The Balaban J connectivity index is 1.97. The van der Waals surface area contributed by atoms with Crippen LogP contribution in [-0.4, -0.2) is 15.0 Å². The smallest absolute Gasteiger partial charge is 0.223 e. The van der Waals surface area contributed by atoms with Gasteiger partial charge in [-0.25, -0.2) is 9.37 Å². The van der Waals surface area contributed by atoms with E-state index in [4.69, 9.17) is 4.74 Å². The van der Waals surface area contributed by atoms with Gasteiger partial charge in [0.2, 0.25) is 5.88 Å². The number of pyridine rings is 1. The molecule has 0 unspecified atom stereocenters. The van der Waals surface area contributed by atoms with Gasteiger partial charge >= 0.3 is 0 Å².